The summed E-state index contributed by atoms with van der Waals surface area (Å²) in [6, 6.07) is 0.684. The maximum absolute atomic E-state index is 5.22. The molecular formula is C16H32N2O. The van der Waals surface area contributed by atoms with Crippen molar-refractivity contribution < 1.29 is 4.74 Å². The van der Waals surface area contributed by atoms with E-state index in [1.165, 1.54) is 25.0 Å². The Balaban J connectivity index is 2.39. The minimum absolute atomic E-state index is 0.684. The fourth-order valence-corrected chi connectivity index (χ4v) is 2.66. The first-order valence-corrected chi connectivity index (χ1v) is 7.79. The van der Waals surface area contributed by atoms with Crippen LogP contribution in [0, 0.1) is 5.92 Å². The van der Waals surface area contributed by atoms with Gasteiger partial charge >= 0.3 is 0 Å². The van der Waals surface area contributed by atoms with Crippen LogP contribution < -0.4 is 5.32 Å². The van der Waals surface area contributed by atoms with E-state index in [0.717, 1.165) is 38.6 Å². The molecule has 1 N–H and O–H groups in total. The van der Waals surface area contributed by atoms with E-state index >= 15 is 0 Å². The van der Waals surface area contributed by atoms with Gasteiger partial charge in [0.1, 0.15) is 0 Å². The second-order valence-electron chi connectivity index (χ2n) is 6.03. The lowest BCUT2D eigenvalue weighted by atomic mass is 10.0. The van der Waals surface area contributed by atoms with Gasteiger partial charge in [-0.15, -0.1) is 0 Å². The molecule has 1 rings (SSSR count). The molecule has 1 aliphatic rings. The van der Waals surface area contributed by atoms with E-state index in [2.05, 4.69) is 37.1 Å². The Morgan fingerprint density at radius 1 is 1.37 bits per heavy atom. The first-order valence-electron chi connectivity index (χ1n) is 7.79. The van der Waals surface area contributed by atoms with Crippen LogP contribution in [0.3, 0.4) is 0 Å². The molecule has 3 nitrogen and oxygen atoms in total. The number of nitrogens with one attached hydrogen (secondary N) is 1. The number of ether oxygens (including phenoxy) is 1. The molecule has 1 heterocycles. The minimum atomic E-state index is 0.684. The molecule has 0 aromatic carbocycles. The summed E-state index contributed by atoms with van der Waals surface area (Å²) in [6.45, 7) is 12.1. The lowest BCUT2D eigenvalue weighted by Crippen LogP contribution is -2.45. The summed E-state index contributed by atoms with van der Waals surface area (Å²) in [6.07, 6.45) is 6.08. The molecule has 0 saturated heterocycles. The Morgan fingerprint density at radius 3 is 2.68 bits per heavy atom. The molecule has 1 atom stereocenters. The first kappa shape index (κ1) is 16.7. The monoisotopic (exact) mass is 268 g/mol. The van der Waals surface area contributed by atoms with Gasteiger partial charge in [-0.25, -0.2) is 0 Å². The number of rotatable bonds is 9. The van der Waals surface area contributed by atoms with Gasteiger partial charge in [0.2, 0.25) is 0 Å². The van der Waals surface area contributed by atoms with Crippen LogP contribution in [0.15, 0.2) is 11.6 Å². The van der Waals surface area contributed by atoms with Crippen molar-refractivity contribution in [2.45, 2.75) is 46.1 Å². The van der Waals surface area contributed by atoms with Crippen molar-refractivity contribution >= 4 is 0 Å². The van der Waals surface area contributed by atoms with Crippen molar-refractivity contribution in [3.63, 3.8) is 0 Å². The largest absolute Gasteiger partial charge is 0.380 e. The lowest BCUT2D eigenvalue weighted by Gasteiger charge is -2.34. The summed E-state index contributed by atoms with van der Waals surface area (Å²) in [5.74, 6) is 0.733. The highest BCUT2D eigenvalue weighted by atomic mass is 16.5. The first-order chi connectivity index (χ1) is 9.17. The lowest BCUT2D eigenvalue weighted by molar-refractivity contribution is 0.178. The zero-order valence-corrected chi connectivity index (χ0v) is 13.2. The van der Waals surface area contributed by atoms with Crippen LogP contribution in [0.1, 0.15) is 40.0 Å². The smallest absolute Gasteiger partial charge is 0.0673 e. The van der Waals surface area contributed by atoms with Crippen LogP contribution in [0.5, 0.6) is 0 Å². The molecule has 0 spiro atoms. The van der Waals surface area contributed by atoms with E-state index in [1.807, 2.05) is 0 Å². The zero-order valence-electron chi connectivity index (χ0n) is 13.2. The molecule has 0 fully saturated rings. The summed E-state index contributed by atoms with van der Waals surface area (Å²) in [5.41, 5.74) is 1.46. The van der Waals surface area contributed by atoms with Gasteiger partial charge in [0.25, 0.3) is 0 Å². The SMILES string of the molecule is CCCC(CNCC(C)C)N1CC=C(COC)CC1. The van der Waals surface area contributed by atoms with Crippen LogP contribution in [-0.4, -0.2) is 50.8 Å². The van der Waals surface area contributed by atoms with Gasteiger partial charge in [-0.05, 0) is 30.9 Å². The summed E-state index contributed by atoms with van der Waals surface area (Å²) in [7, 11) is 1.78. The van der Waals surface area contributed by atoms with Crippen molar-refractivity contribution in [2.24, 2.45) is 5.92 Å². The number of hydrogen-bond acceptors (Lipinski definition) is 3. The summed E-state index contributed by atoms with van der Waals surface area (Å²) in [4.78, 5) is 2.62. The molecule has 0 aromatic rings. The van der Waals surface area contributed by atoms with Gasteiger partial charge in [0.05, 0.1) is 6.61 Å². The van der Waals surface area contributed by atoms with Crippen LogP contribution >= 0.6 is 0 Å². The van der Waals surface area contributed by atoms with Crippen LogP contribution in [0.25, 0.3) is 0 Å². The summed E-state index contributed by atoms with van der Waals surface area (Å²) in [5, 5.41) is 3.62. The van der Waals surface area contributed by atoms with Crippen molar-refractivity contribution in [1.29, 1.82) is 0 Å². The van der Waals surface area contributed by atoms with Crippen LogP contribution in [0.2, 0.25) is 0 Å². The predicted molar refractivity (Wildman–Crippen MR) is 82.6 cm³/mol. The molecule has 19 heavy (non-hydrogen) atoms. The third kappa shape index (κ3) is 6.55. The predicted octanol–water partition coefficient (Wildman–Crippen LogP) is 2.68. The molecule has 1 unspecified atom stereocenters. The van der Waals surface area contributed by atoms with Crippen LogP contribution in [-0.2, 0) is 4.74 Å². The van der Waals surface area contributed by atoms with E-state index < -0.39 is 0 Å². The molecule has 0 aliphatic carbocycles. The highest BCUT2D eigenvalue weighted by Gasteiger charge is 2.19. The van der Waals surface area contributed by atoms with Gasteiger partial charge in [0, 0.05) is 32.8 Å². The van der Waals surface area contributed by atoms with Crippen molar-refractivity contribution in [3.05, 3.63) is 11.6 Å². The van der Waals surface area contributed by atoms with E-state index in [1.54, 1.807) is 7.11 Å². The normalized spacial score (nSPS) is 18.7. The molecular weight excluding hydrogens is 236 g/mol. The Morgan fingerprint density at radius 2 is 2.16 bits per heavy atom. The van der Waals surface area contributed by atoms with Crippen molar-refractivity contribution in [1.82, 2.24) is 10.2 Å². The molecule has 0 bridgehead atoms. The van der Waals surface area contributed by atoms with Crippen LogP contribution in [0.4, 0.5) is 0 Å². The van der Waals surface area contributed by atoms with E-state index in [4.69, 9.17) is 4.74 Å². The molecule has 3 heteroatoms. The maximum atomic E-state index is 5.22. The second-order valence-corrected chi connectivity index (χ2v) is 6.03. The van der Waals surface area contributed by atoms with Gasteiger partial charge in [-0.2, -0.15) is 0 Å². The summed E-state index contributed by atoms with van der Waals surface area (Å²) < 4.78 is 5.22. The highest BCUT2D eigenvalue weighted by Crippen LogP contribution is 2.16. The van der Waals surface area contributed by atoms with Gasteiger partial charge in [-0.1, -0.05) is 33.3 Å². The molecule has 0 saturated carbocycles. The quantitative estimate of drug-likeness (QED) is 0.651. The van der Waals surface area contributed by atoms with Gasteiger partial charge in [0.15, 0.2) is 0 Å². The zero-order chi connectivity index (χ0) is 14.1. The Labute approximate surface area is 119 Å². The third-order valence-electron chi connectivity index (χ3n) is 3.74. The van der Waals surface area contributed by atoms with Gasteiger partial charge < -0.3 is 10.1 Å². The summed E-state index contributed by atoms with van der Waals surface area (Å²) >= 11 is 0. The van der Waals surface area contributed by atoms with Crippen molar-refractivity contribution in [3.8, 4) is 0 Å². The average molecular weight is 268 g/mol. The Kier molecular flexibility index (Phi) is 8.35. The second kappa shape index (κ2) is 9.51. The fraction of sp³-hybridized carbons (Fsp3) is 0.875. The minimum Gasteiger partial charge on any atom is -0.380 e. The number of nitrogens with zero attached hydrogens (tertiary/aromatic N) is 1. The van der Waals surface area contributed by atoms with Gasteiger partial charge in [-0.3, -0.25) is 4.90 Å². The molecule has 112 valence electrons. The standard InChI is InChI=1S/C16H32N2O/c1-5-6-16(12-17-11-14(2)3)18-9-7-15(8-10-18)13-19-4/h7,14,16-17H,5-6,8-13H2,1-4H3. The fourth-order valence-electron chi connectivity index (χ4n) is 2.66. The number of hydrogen-bond donors (Lipinski definition) is 1. The van der Waals surface area contributed by atoms with E-state index in [9.17, 15) is 0 Å². The van der Waals surface area contributed by atoms with Crippen molar-refractivity contribution in [2.75, 3.05) is 39.9 Å². The highest BCUT2D eigenvalue weighted by molar-refractivity contribution is 5.08. The average Bonchev–Trinajstić information content (AvgIpc) is 2.39. The van der Waals surface area contributed by atoms with E-state index in [-0.39, 0.29) is 0 Å². The maximum Gasteiger partial charge on any atom is 0.0673 e. The third-order valence-corrected chi connectivity index (χ3v) is 3.74. The Bertz CT molecular complexity index is 263. The molecule has 1 aliphatic heterocycles. The molecule has 0 aromatic heterocycles. The number of methoxy groups -OCH3 is 1. The molecule has 0 amide bonds. The Hall–Kier alpha value is -0.380. The topological polar surface area (TPSA) is 24.5 Å². The molecule has 0 radical (unpaired) electrons. The van der Waals surface area contributed by atoms with E-state index in [0.29, 0.717) is 6.04 Å².